The van der Waals surface area contributed by atoms with Crippen molar-refractivity contribution in [3.63, 3.8) is 0 Å². The summed E-state index contributed by atoms with van der Waals surface area (Å²) in [6.45, 7) is 11.6. The zero-order valence-electron chi connectivity index (χ0n) is 11.8. The van der Waals surface area contributed by atoms with E-state index >= 15 is 0 Å². The van der Waals surface area contributed by atoms with Gasteiger partial charge in [0, 0.05) is 31.7 Å². The van der Waals surface area contributed by atoms with Crippen molar-refractivity contribution in [2.24, 2.45) is 0 Å². The van der Waals surface area contributed by atoms with Crippen LogP contribution in [-0.2, 0) is 6.54 Å². The number of nitrogens with zero attached hydrogens (tertiary/aromatic N) is 1. The molecular weight excluding hydrogens is 236 g/mol. The summed E-state index contributed by atoms with van der Waals surface area (Å²) in [5, 5.41) is 3.15. The maximum absolute atomic E-state index is 5.86. The highest BCUT2D eigenvalue weighted by Gasteiger charge is 2.04. The van der Waals surface area contributed by atoms with Gasteiger partial charge in [-0.3, -0.25) is 4.90 Å². The smallest absolute Gasteiger partial charge is 0.123 e. The molecule has 0 fully saturated rings. The first-order chi connectivity index (χ1) is 9.31. The lowest BCUT2D eigenvalue weighted by atomic mass is 10.2. The van der Waals surface area contributed by atoms with Crippen molar-refractivity contribution < 1.29 is 4.74 Å². The molecule has 0 aliphatic heterocycles. The highest BCUT2D eigenvalue weighted by Crippen LogP contribution is 2.17. The summed E-state index contributed by atoms with van der Waals surface area (Å²) < 4.78 is 5.86. The van der Waals surface area contributed by atoms with E-state index in [1.54, 1.807) is 0 Å². The summed E-state index contributed by atoms with van der Waals surface area (Å²) in [5.41, 5.74) is 1.18. The molecule has 104 valence electrons. The number of ether oxygens (including phenoxy) is 1. The molecular formula is C16H24N2O. The number of nitrogens with one attached hydrogen (secondary N) is 1. The van der Waals surface area contributed by atoms with Crippen LogP contribution in [0.2, 0.25) is 0 Å². The van der Waals surface area contributed by atoms with Gasteiger partial charge in [-0.2, -0.15) is 0 Å². The second-order valence-corrected chi connectivity index (χ2v) is 4.32. The average Bonchev–Trinajstić information content (AvgIpc) is 2.41. The molecule has 0 atom stereocenters. The molecule has 1 aromatic rings. The van der Waals surface area contributed by atoms with E-state index in [4.69, 9.17) is 4.74 Å². The molecule has 0 bridgehead atoms. The number of hydrogen-bond donors (Lipinski definition) is 1. The lowest BCUT2D eigenvalue weighted by Crippen LogP contribution is -2.29. The standard InChI is InChI=1S/C16H24N2O/c1-4-10-18(11-5-2)12-13-19-16-9-7-6-8-15(16)14-17-3/h4-9,17H,1-2,10-14H2,3H3. The molecule has 0 spiro atoms. The average molecular weight is 260 g/mol. The van der Waals surface area contributed by atoms with Crippen molar-refractivity contribution in [2.75, 3.05) is 33.3 Å². The second-order valence-electron chi connectivity index (χ2n) is 4.32. The van der Waals surface area contributed by atoms with Crippen molar-refractivity contribution >= 4 is 0 Å². The second kappa shape index (κ2) is 9.36. The van der Waals surface area contributed by atoms with Gasteiger partial charge in [-0.1, -0.05) is 30.4 Å². The van der Waals surface area contributed by atoms with Crippen LogP contribution in [0.25, 0.3) is 0 Å². The molecule has 3 heteroatoms. The van der Waals surface area contributed by atoms with E-state index in [2.05, 4.69) is 29.4 Å². The highest BCUT2D eigenvalue weighted by atomic mass is 16.5. The molecule has 3 nitrogen and oxygen atoms in total. The van der Waals surface area contributed by atoms with Gasteiger partial charge in [0.15, 0.2) is 0 Å². The van der Waals surface area contributed by atoms with E-state index in [0.717, 1.165) is 31.9 Å². The lowest BCUT2D eigenvalue weighted by Gasteiger charge is -2.19. The SMILES string of the molecule is C=CCN(CC=C)CCOc1ccccc1CNC. The van der Waals surface area contributed by atoms with Crippen molar-refractivity contribution in [1.29, 1.82) is 0 Å². The third-order valence-corrected chi connectivity index (χ3v) is 2.78. The van der Waals surface area contributed by atoms with E-state index in [-0.39, 0.29) is 0 Å². The normalized spacial score (nSPS) is 10.4. The predicted molar refractivity (Wildman–Crippen MR) is 81.5 cm³/mol. The van der Waals surface area contributed by atoms with Crippen molar-refractivity contribution in [3.8, 4) is 5.75 Å². The maximum atomic E-state index is 5.86. The maximum Gasteiger partial charge on any atom is 0.123 e. The molecule has 0 saturated heterocycles. The van der Waals surface area contributed by atoms with Gasteiger partial charge in [0.2, 0.25) is 0 Å². The predicted octanol–water partition coefficient (Wildman–Crippen LogP) is 2.46. The summed E-state index contributed by atoms with van der Waals surface area (Å²) in [5.74, 6) is 0.953. The zero-order chi connectivity index (χ0) is 13.9. The first-order valence-electron chi connectivity index (χ1n) is 6.61. The van der Waals surface area contributed by atoms with E-state index < -0.39 is 0 Å². The Bertz CT molecular complexity index is 380. The largest absolute Gasteiger partial charge is 0.492 e. The quantitative estimate of drug-likeness (QED) is 0.654. The molecule has 0 heterocycles. The number of para-hydroxylation sites is 1. The highest BCUT2D eigenvalue weighted by molar-refractivity contribution is 5.33. The number of hydrogen-bond acceptors (Lipinski definition) is 3. The van der Waals surface area contributed by atoms with Gasteiger partial charge in [0.1, 0.15) is 12.4 Å². The van der Waals surface area contributed by atoms with Crippen LogP contribution >= 0.6 is 0 Å². The van der Waals surface area contributed by atoms with Crippen molar-refractivity contribution in [2.45, 2.75) is 6.54 Å². The summed E-state index contributed by atoms with van der Waals surface area (Å²) >= 11 is 0. The third kappa shape index (κ3) is 5.73. The number of benzene rings is 1. The molecule has 0 radical (unpaired) electrons. The van der Waals surface area contributed by atoms with Crippen LogP contribution in [0.5, 0.6) is 5.75 Å². The Kier molecular flexibility index (Phi) is 7.63. The molecule has 0 saturated carbocycles. The summed E-state index contributed by atoms with van der Waals surface area (Å²) in [7, 11) is 1.94. The van der Waals surface area contributed by atoms with Crippen LogP contribution in [0.1, 0.15) is 5.56 Å². The lowest BCUT2D eigenvalue weighted by molar-refractivity contribution is 0.235. The third-order valence-electron chi connectivity index (χ3n) is 2.78. The summed E-state index contributed by atoms with van der Waals surface area (Å²) in [4.78, 5) is 2.24. The molecule has 1 N–H and O–H groups in total. The van der Waals surface area contributed by atoms with Gasteiger partial charge < -0.3 is 10.1 Å². The Morgan fingerprint density at radius 2 is 1.89 bits per heavy atom. The van der Waals surface area contributed by atoms with Crippen LogP contribution < -0.4 is 10.1 Å². The van der Waals surface area contributed by atoms with Gasteiger partial charge in [0.25, 0.3) is 0 Å². The van der Waals surface area contributed by atoms with Crippen LogP contribution in [0.4, 0.5) is 0 Å². The van der Waals surface area contributed by atoms with Gasteiger partial charge in [-0.25, -0.2) is 0 Å². The van der Waals surface area contributed by atoms with Crippen LogP contribution in [0.15, 0.2) is 49.6 Å². The van der Waals surface area contributed by atoms with Gasteiger partial charge in [0.05, 0.1) is 0 Å². The Balaban J connectivity index is 2.47. The van der Waals surface area contributed by atoms with Gasteiger partial charge in [-0.15, -0.1) is 13.2 Å². The fraction of sp³-hybridized carbons (Fsp3) is 0.375. The molecule has 0 aliphatic carbocycles. The topological polar surface area (TPSA) is 24.5 Å². The Labute approximate surface area is 116 Å². The summed E-state index contributed by atoms with van der Waals surface area (Å²) in [6.07, 6.45) is 3.80. The van der Waals surface area contributed by atoms with E-state index in [1.165, 1.54) is 5.56 Å². The van der Waals surface area contributed by atoms with E-state index in [1.807, 2.05) is 37.4 Å². The van der Waals surface area contributed by atoms with Crippen LogP contribution in [-0.4, -0.2) is 38.2 Å². The Morgan fingerprint density at radius 1 is 1.21 bits per heavy atom. The number of rotatable bonds is 10. The molecule has 1 aromatic carbocycles. The Hall–Kier alpha value is -1.58. The first-order valence-corrected chi connectivity index (χ1v) is 6.61. The monoisotopic (exact) mass is 260 g/mol. The van der Waals surface area contributed by atoms with Crippen LogP contribution in [0.3, 0.4) is 0 Å². The minimum absolute atomic E-state index is 0.669. The fourth-order valence-electron chi connectivity index (χ4n) is 1.89. The minimum Gasteiger partial charge on any atom is -0.492 e. The van der Waals surface area contributed by atoms with Gasteiger partial charge in [-0.05, 0) is 13.1 Å². The fourth-order valence-corrected chi connectivity index (χ4v) is 1.89. The van der Waals surface area contributed by atoms with Gasteiger partial charge >= 0.3 is 0 Å². The Morgan fingerprint density at radius 3 is 2.53 bits per heavy atom. The molecule has 19 heavy (non-hydrogen) atoms. The zero-order valence-corrected chi connectivity index (χ0v) is 11.8. The van der Waals surface area contributed by atoms with E-state index in [0.29, 0.717) is 6.61 Å². The molecule has 0 aromatic heterocycles. The first kappa shape index (κ1) is 15.5. The van der Waals surface area contributed by atoms with Crippen LogP contribution in [0, 0.1) is 0 Å². The van der Waals surface area contributed by atoms with E-state index in [9.17, 15) is 0 Å². The molecule has 0 aliphatic rings. The molecule has 1 rings (SSSR count). The van der Waals surface area contributed by atoms with Crippen molar-refractivity contribution in [1.82, 2.24) is 10.2 Å². The minimum atomic E-state index is 0.669. The summed E-state index contributed by atoms with van der Waals surface area (Å²) in [6, 6.07) is 8.12. The molecule has 0 unspecified atom stereocenters. The van der Waals surface area contributed by atoms with Crippen molar-refractivity contribution in [3.05, 3.63) is 55.1 Å². The molecule has 0 amide bonds.